The number of carbonyl (C=O) groups is 1. The topological polar surface area (TPSA) is 52.0 Å². The van der Waals surface area contributed by atoms with Gasteiger partial charge in [0.25, 0.3) is 5.56 Å². The van der Waals surface area contributed by atoms with Gasteiger partial charge in [0.15, 0.2) is 6.29 Å². The summed E-state index contributed by atoms with van der Waals surface area (Å²) in [6.07, 6.45) is 0.548. The Morgan fingerprint density at radius 2 is 1.94 bits per heavy atom. The van der Waals surface area contributed by atoms with Gasteiger partial charge in [-0.25, -0.2) is 4.68 Å². The lowest BCUT2D eigenvalue weighted by Crippen LogP contribution is -2.23. The third kappa shape index (κ3) is 2.34. The summed E-state index contributed by atoms with van der Waals surface area (Å²) in [4.78, 5) is 22.3. The molecule has 0 spiro atoms. The first-order chi connectivity index (χ1) is 8.11. The predicted octanol–water partition coefficient (Wildman–Crippen LogP) is 2.02. The van der Waals surface area contributed by atoms with Gasteiger partial charge in [0.2, 0.25) is 0 Å². The Morgan fingerprint density at radius 3 is 2.53 bits per heavy atom. The molecular weight excluding hydrogens is 284 g/mol. The van der Waals surface area contributed by atoms with Crippen molar-refractivity contribution in [3.05, 3.63) is 50.7 Å². The molecule has 4 nitrogen and oxygen atoms in total. The number of nitrogens with zero attached hydrogens (tertiary/aromatic N) is 2. The van der Waals surface area contributed by atoms with Crippen LogP contribution >= 0.6 is 15.9 Å². The first-order valence-electron chi connectivity index (χ1n) is 4.91. The Kier molecular flexibility index (Phi) is 3.19. The second kappa shape index (κ2) is 4.63. The lowest BCUT2D eigenvalue weighted by atomic mass is 10.1. The first-order valence-corrected chi connectivity index (χ1v) is 5.70. The summed E-state index contributed by atoms with van der Waals surface area (Å²) in [7, 11) is 1.53. The minimum absolute atomic E-state index is 0.111. The van der Waals surface area contributed by atoms with Crippen molar-refractivity contribution < 1.29 is 4.79 Å². The van der Waals surface area contributed by atoms with Gasteiger partial charge in [-0.15, -0.1) is 0 Å². The third-order valence-electron chi connectivity index (χ3n) is 2.36. The van der Waals surface area contributed by atoms with Crippen molar-refractivity contribution in [3.8, 4) is 11.3 Å². The summed E-state index contributed by atoms with van der Waals surface area (Å²) in [5.74, 6) is 0. The maximum Gasteiger partial charge on any atom is 0.277 e. The van der Waals surface area contributed by atoms with Crippen LogP contribution in [0.15, 0.2) is 39.6 Å². The van der Waals surface area contributed by atoms with Crippen molar-refractivity contribution in [2.75, 3.05) is 0 Å². The summed E-state index contributed by atoms with van der Waals surface area (Å²) in [5, 5.41) is 4.11. The molecule has 0 atom stereocenters. The number of hydrogen-bond acceptors (Lipinski definition) is 3. The zero-order chi connectivity index (χ0) is 12.4. The van der Waals surface area contributed by atoms with Crippen LogP contribution in [0.5, 0.6) is 0 Å². The van der Waals surface area contributed by atoms with Crippen LogP contribution in [-0.4, -0.2) is 16.1 Å². The second-order valence-corrected chi connectivity index (χ2v) is 4.45. The van der Waals surface area contributed by atoms with Crippen molar-refractivity contribution >= 4 is 22.2 Å². The number of aldehydes is 1. The molecule has 1 aromatic heterocycles. The number of halogens is 1. The standard InChI is InChI=1S/C12H9BrN2O2/c1-15-12(17)9(7-16)6-11(14-15)8-2-4-10(13)5-3-8/h2-7H,1H3. The van der Waals surface area contributed by atoms with E-state index in [0.717, 1.165) is 10.0 Å². The van der Waals surface area contributed by atoms with Crippen LogP contribution < -0.4 is 5.56 Å². The largest absolute Gasteiger partial charge is 0.298 e. The van der Waals surface area contributed by atoms with E-state index in [0.29, 0.717) is 12.0 Å². The predicted molar refractivity (Wildman–Crippen MR) is 68.0 cm³/mol. The Balaban J connectivity index is 2.60. The van der Waals surface area contributed by atoms with Crippen molar-refractivity contribution in [3.63, 3.8) is 0 Å². The van der Waals surface area contributed by atoms with E-state index >= 15 is 0 Å². The zero-order valence-electron chi connectivity index (χ0n) is 9.05. The lowest BCUT2D eigenvalue weighted by Gasteiger charge is -2.04. The molecule has 2 aromatic rings. The molecule has 0 fully saturated rings. The molecule has 2 rings (SSSR count). The molecule has 0 saturated heterocycles. The van der Waals surface area contributed by atoms with Gasteiger partial charge in [0.05, 0.1) is 11.3 Å². The number of aromatic nitrogens is 2. The van der Waals surface area contributed by atoms with Crippen LogP contribution in [0.25, 0.3) is 11.3 Å². The van der Waals surface area contributed by atoms with Crippen LogP contribution in [0.3, 0.4) is 0 Å². The van der Waals surface area contributed by atoms with E-state index in [4.69, 9.17) is 0 Å². The zero-order valence-corrected chi connectivity index (χ0v) is 10.6. The van der Waals surface area contributed by atoms with Gasteiger partial charge < -0.3 is 0 Å². The van der Waals surface area contributed by atoms with E-state index in [-0.39, 0.29) is 11.1 Å². The molecule has 0 aliphatic rings. The SMILES string of the molecule is Cn1nc(-c2ccc(Br)cc2)cc(C=O)c1=O. The fraction of sp³-hybridized carbons (Fsp3) is 0.0833. The van der Waals surface area contributed by atoms with E-state index in [1.807, 2.05) is 24.3 Å². The summed E-state index contributed by atoms with van der Waals surface area (Å²) in [6.45, 7) is 0. The molecule has 0 N–H and O–H groups in total. The molecule has 5 heteroatoms. The number of hydrogen-bond donors (Lipinski definition) is 0. The molecule has 0 aliphatic carbocycles. The molecule has 0 amide bonds. The molecule has 0 saturated carbocycles. The fourth-order valence-corrected chi connectivity index (χ4v) is 1.74. The van der Waals surface area contributed by atoms with Crippen LogP contribution in [0.2, 0.25) is 0 Å². The Morgan fingerprint density at radius 1 is 1.29 bits per heavy atom. The maximum absolute atomic E-state index is 11.5. The van der Waals surface area contributed by atoms with Gasteiger partial charge in [-0.2, -0.15) is 5.10 Å². The van der Waals surface area contributed by atoms with E-state index < -0.39 is 0 Å². The van der Waals surface area contributed by atoms with E-state index in [1.165, 1.54) is 17.8 Å². The Labute approximate surface area is 106 Å². The van der Waals surface area contributed by atoms with Crippen molar-refractivity contribution in [1.82, 2.24) is 9.78 Å². The highest BCUT2D eigenvalue weighted by Crippen LogP contribution is 2.19. The smallest absolute Gasteiger partial charge is 0.277 e. The minimum Gasteiger partial charge on any atom is -0.298 e. The van der Waals surface area contributed by atoms with E-state index in [9.17, 15) is 9.59 Å². The Hall–Kier alpha value is -1.75. The fourth-order valence-electron chi connectivity index (χ4n) is 1.48. The normalized spacial score (nSPS) is 10.2. The van der Waals surface area contributed by atoms with Crippen molar-refractivity contribution in [2.45, 2.75) is 0 Å². The minimum atomic E-state index is -0.388. The molecule has 0 unspecified atom stereocenters. The quantitative estimate of drug-likeness (QED) is 0.796. The van der Waals surface area contributed by atoms with Gasteiger partial charge in [0.1, 0.15) is 0 Å². The molecule has 17 heavy (non-hydrogen) atoms. The molecule has 1 heterocycles. The molecular formula is C12H9BrN2O2. The van der Waals surface area contributed by atoms with Crippen molar-refractivity contribution in [1.29, 1.82) is 0 Å². The van der Waals surface area contributed by atoms with Crippen LogP contribution in [0.1, 0.15) is 10.4 Å². The molecule has 0 aliphatic heterocycles. The Bertz CT molecular complexity index is 617. The van der Waals surface area contributed by atoms with Gasteiger partial charge >= 0.3 is 0 Å². The van der Waals surface area contributed by atoms with Gasteiger partial charge in [-0.3, -0.25) is 9.59 Å². The molecule has 0 radical (unpaired) electrons. The summed E-state index contributed by atoms with van der Waals surface area (Å²) in [6, 6.07) is 8.99. The first kappa shape index (κ1) is 11.7. The summed E-state index contributed by atoms with van der Waals surface area (Å²) < 4.78 is 2.13. The highest BCUT2D eigenvalue weighted by atomic mass is 79.9. The second-order valence-electron chi connectivity index (χ2n) is 3.54. The average molecular weight is 293 g/mol. The number of aryl methyl sites for hydroxylation is 1. The molecule has 86 valence electrons. The van der Waals surface area contributed by atoms with Gasteiger partial charge in [-0.1, -0.05) is 28.1 Å². The van der Waals surface area contributed by atoms with E-state index in [2.05, 4.69) is 21.0 Å². The maximum atomic E-state index is 11.5. The number of rotatable bonds is 2. The monoisotopic (exact) mass is 292 g/mol. The summed E-state index contributed by atoms with van der Waals surface area (Å²) >= 11 is 3.34. The van der Waals surface area contributed by atoms with Gasteiger partial charge in [0, 0.05) is 17.1 Å². The molecule has 0 bridgehead atoms. The highest BCUT2D eigenvalue weighted by molar-refractivity contribution is 9.10. The van der Waals surface area contributed by atoms with E-state index in [1.54, 1.807) is 0 Å². The van der Waals surface area contributed by atoms with Crippen LogP contribution in [0, 0.1) is 0 Å². The van der Waals surface area contributed by atoms with Gasteiger partial charge in [-0.05, 0) is 18.2 Å². The number of carbonyl (C=O) groups excluding carboxylic acids is 1. The van der Waals surface area contributed by atoms with Crippen molar-refractivity contribution in [2.24, 2.45) is 7.05 Å². The van der Waals surface area contributed by atoms with Crippen LogP contribution in [0.4, 0.5) is 0 Å². The third-order valence-corrected chi connectivity index (χ3v) is 2.89. The molecule has 1 aromatic carbocycles. The number of benzene rings is 1. The van der Waals surface area contributed by atoms with Crippen LogP contribution in [-0.2, 0) is 7.05 Å². The highest BCUT2D eigenvalue weighted by Gasteiger charge is 2.06. The lowest BCUT2D eigenvalue weighted by molar-refractivity contribution is 0.112. The summed E-state index contributed by atoms with van der Waals surface area (Å²) in [5.41, 5.74) is 1.18. The average Bonchev–Trinajstić information content (AvgIpc) is 2.33.